The van der Waals surface area contributed by atoms with E-state index in [4.69, 9.17) is 4.42 Å². The van der Waals surface area contributed by atoms with Crippen LogP contribution >= 0.6 is 0 Å². The van der Waals surface area contributed by atoms with Gasteiger partial charge in [-0.05, 0) is 31.2 Å². The Morgan fingerprint density at radius 1 is 1.28 bits per heavy atom. The van der Waals surface area contributed by atoms with Gasteiger partial charge in [-0.2, -0.15) is 18.3 Å². The molecule has 11 heteroatoms. The molecule has 29 heavy (non-hydrogen) atoms. The number of rotatable bonds is 3. The summed E-state index contributed by atoms with van der Waals surface area (Å²) in [6.07, 6.45) is -0.578. The average Bonchev–Trinajstić information content (AvgIpc) is 3.34. The zero-order chi connectivity index (χ0) is 20.8. The summed E-state index contributed by atoms with van der Waals surface area (Å²) in [7, 11) is 0. The summed E-state index contributed by atoms with van der Waals surface area (Å²) >= 11 is 0. The lowest BCUT2D eigenvalue weighted by Crippen LogP contribution is -2.43. The predicted octanol–water partition coefficient (Wildman–Crippen LogP) is 3.36. The largest absolute Gasteiger partial charge is 0.432 e. The summed E-state index contributed by atoms with van der Waals surface area (Å²) in [6, 6.07) is 3.95. The van der Waals surface area contributed by atoms with E-state index < -0.39 is 23.6 Å². The molecule has 0 unspecified atom stereocenters. The number of amides is 2. The van der Waals surface area contributed by atoms with E-state index in [1.807, 2.05) is 0 Å². The molecule has 1 atom stereocenters. The van der Waals surface area contributed by atoms with Crippen LogP contribution in [0.2, 0.25) is 0 Å². The summed E-state index contributed by atoms with van der Waals surface area (Å²) in [5.41, 5.74) is -0.472. The Morgan fingerprint density at radius 2 is 2.00 bits per heavy atom. The lowest BCUT2D eigenvalue weighted by molar-refractivity contribution is -0.137. The first kappa shape index (κ1) is 18.7. The molecule has 3 heterocycles. The van der Waals surface area contributed by atoms with E-state index in [9.17, 15) is 22.8 Å². The number of hydrogen-bond donors (Lipinski definition) is 1. The third kappa shape index (κ3) is 3.35. The van der Waals surface area contributed by atoms with E-state index >= 15 is 0 Å². The van der Waals surface area contributed by atoms with E-state index in [-0.39, 0.29) is 29.9 Å². The van der Waals surface area contributed by atoms with Crippen LogP contribution in [0, 0.1) is 0 Å². The highest BCUT2D eigenvalue weighted by Crippen LogP contribution is 2.32. The fourth-order valence-corrected chi connectivity index (χ4v) is 3.13. The fourth-order valence-electron chi connectivity index (χ4n) is 3.13. The van der Waals surface area contributed by atoms with Crippen molar-refractivity contribution in [2.24, 2.45) is 0 Å². The fraction of sp³-hybridized carbons (Fsp3) is 0.222. The van der Waals surface area contributed by atoms with Gasteiger partial charge in [0.1, 0.15) is 12.0 Å². The van der Waals surface area contributed by atoms with Gasteiger partial charge in [-0.25, -0.2) is 4.98 Å². The third-order valence-corrected chi connectivity index (χ3v) is 4.51. The number of benzene rings is 1. The highest BCUT2D eigenvalue weighted by atomic mass is 19.4. The van der Waals surface area contributed by atoms with Gasteiger partial charge in [0.25, 0.3) is 11.8 Å². The van der Waals surface area contributed by atoms with Gasteiger partial charge < -0.3 is 9.32 Å². The van der Waals surface area contributed by atoms with Crippen LogP contribution in [0.25, 0.3) is 0 Å². The van der Waals surface area contributed by atoms with Crippen LogP contribution in [-0.2, 0) is 6.18 Å². The number of nitrogens with zero attached hydrogens (tertiary/aromatic N) is 4. The van der Waals surface area contributed by atoms with Crippen LogP contribution < -0.4 is 10.2 Å². The first-order valence-corrected chi connectivity index (χ1v) is 8.53. The molecule has 2 amide bonds. The molecule has 0 fully saturated rings. The van der Waals surface area contributed by atoms with E-state index in [1.54, 1.807) is 6.92 Å². The molecule has 0 radical (unpaired) electrons. The number of nitrogens with one attached hydrogen (secondary N) is 1. The quantitative estimate of drug-likeness (QED) is 0.721. The molecule has 8 nitrogen and oxygen atoms in total. The number of alkyl halides is 3. The van der Waals surface area contributed by atoms with Gasteiger partial charge in [-0.3, -0.25) is 19.6 Å². The SMILES string of the molecule is C[C@H]1CN(c2ccc(C(F)(F)F)cc2)C(=O)c2c(C(=O)Nc3ncco3)cnn21. The molecule has 4 rings (SSSR count). The number of oxazole rings is 1. The Morgan fingerprint density at radius 3 is 2.62 bits per heavy atom. The average molecular weight is 405 g/mol. The van der Waals surface area contributed by atoms with Gasteiger partial charge in [-0.15, -0.1) is 0 Å². The van der Waals surface area contributed by atoms with Crippen LogP contribution in [0.1, 0.15) is 39.4 Å². The zero-order valence-corrected chi connectivity index (χ0v) is 15.0. The van der Waals surface area contributed by atoms with Crippen molar-refractivity contribution < 1.29 is 27.2 Å². The van der Waals surface area contributed by atoms with Crippen molar-refractivity contribution in [3.05, 3.63) is 59.7 Å². The van der Waals surface area contributed by atoms with Crippen LogP contribution in [0.4, 0.5) is 24.9 Å². The summed E-state index contributed by atoms with van der Waals surface area (Å²) in [5, 5.41) is 6.54. The standard InChI is InChI=1S/C18H14F3N5O3/c1-10-9-25(12-4-2-11(3-5-12)18(19,20)21)16(28)14-13(8-23-26(10)14)15(27)24-17-22-6-7-29-17/h2-8,10H,9H2,1H3,(H,22,24,27)/t10-/m0/s1. The van der Waals surface area contributed by atoms with Gasteiger partial charge in [0.05, 0.1) is 29.6 Å². The Hall–Kier alpha value is -3.63. The molecule has 0 aliphatic carbocycles. The highest BCUT2D eigenvalue weighted by Gasteiger charge is 2.36. The molecule has 1 N–H and O–H groups in total. The number of hydrogen-bond acceptors (Lipinski definition) is 5. The molecule has 0 saturated heterocycles. The van der Waals surface area contributed by atoms with Gasteiger partial charge >= 0.3 is 12.2 Å². The second-order valence-electron chi connectivity index (χ2n) is 6.45. The zero-order valence-electron chi connectivity index (χ0n) is 15.0. The van der Waals surface area contributed by atoms with Crippen LogP contribution in [0.3, 0.4) is 0 Å². The smallest absolute Gasteiger partial charge is 0.416 e. The second kappa shape index (κ2) is 6.76. The van der Waals surface area contributed by atoms with Gasteiger partial charge in [-0.1, -0.05) is 0 Å². The van der Waals surface area contributed by atoms with E-state index in [0.717, 1.165) is 12.1 Å². The molecule has 3 aromatic rings. The molecule has 0 spiro atoms. The normalized spacial score (nSPS) is 16.6. The molecule has 150 valence electrons. The van der Waals surface area contributed by atoms with E-state index in [1.165, 1.54) is 40.4 Å². The maximum absolute atomic E-state index is 13.1. The first-order chi connectivity index (χ1) is 13.8. The Balaban J connectivity index is 1.66. The Bertz CT molecular complexity index is 1060. The summed E-state index contributed by atoms with van der Waals surface area (Å²) in [4.78, 5) is 30.7. The monoisotopic (exact) mass is 405 g/mol. The maximum atomic E-state index is 13.1. The molecule has 1 aliphatic heterocycles. The number of halogens is 3. The summed E-state index contributed by atoms with van der Waals surface area (Å²) in [6.45, 7) is 1.98. The van der Waals surface area contributed by atoms with Gasteiger partial charge in [0.15, 0.2) is 0 Å². The van der Waals surface area contributed by atoms with Crippen LogP contribution in [0.15, 0.2) is 47.3 Å². The number of aromatic nitrogens is 3. The van der Waals surface area contributed by atoms with Crippen LogP contribution in [-0.4, -0.2) is 33.1 Å². The third-order valence-electron chi connectivity index (χ3n) is 4.51. The molecule has 2 aromatic heterocycles. The van der Waals surface area contributed by atoms with E-state index in [0.29, 0.717) is 5.69 Å². The van der Waals surface area contributed by atoms with Crippen LogP contribution in [0.5, 0.6) is 0 Å². The van der Waals surface area contributed by atoms with Crippen molar-refractivity contribution in [3.8, 4) is 0 Å². The number of carbonyl (C=O) groups is 2. The number of carbonyl (C=O) groups excluding carboxylic acids is 2. The van der Waals surface area contributed by atoms with Crippen molar-refractivity contribution >= 4 is 23.5 Å². The maximum Gasteiger partial charge on any atom is 0.416 e. The lowest BCUT2D eigenvalue weighted by Gasteiger charge is -2.32. The molecule has 0 bridgehead atoms. The molecular weight excluding hydrogens is 391 g/mol. The van der Waals surface area contributed by atoms with E-state index in [2.05, 4.69) is 15.4 Å². The Kier molecular flexibility index (Phi) is 4.36. The topological polar surface area (TPSA) is 93.3 Å². The number of anilines is 2. The minimum absolute atomic E-state index is 0.0108. The van der Waals surface area contributed by atoms with Crippen molar-refractivity contribution in [1.82, 2.24) is 14.8 Å². The van der Waals surface area contributed by atoms with Crippen molar-refractivity contribution in [2.45, 2.75) is 19.1 Å². The summed E-state index contributed by atoms with van der Waals surface area (Å²) < 4.78 is 44.8. The molecular formula is C18H14F3N5O3. The van der Waals surface area contributed by atoms with Crippen molar-refractivity contribution in [3.63, 3.8) is 0 Å². The minimum atomic E-state index is -4.47. The van der Waals surface area contributed by atoms with Crippen molar-refractivity contribution in [1.29, 1.82) is 0 Å². The van der Waals surface area contributed by atoms with Crippen molar-refractivity contribution in [2.75, 3.05) is 16.8 Å². The minimum Gasteiger partial charge on any atom is -0.432 e. The molecule has 1 aliphatic rings. The Labute approximate surface area is 161 Å². The highest BCUT2D eigenvalue weighted by molar-refractivity contribution is 6.15. The lowest BCUT2D eigenvalue weighted by atomic mass is 10.1. The molecule has 0 saturated carbocycles. The van der Waals surface area contributed by atoms with Gasteiger partial charge in [0.2, 0.25) is 0 Å². The second-order valence-corrected chi connectivity index (χ2v) is 6.45. The first-order valence-electron chi connectivity index (χ1n) is 8.53. The summed E-state index contributed by atoms with van der Waals surface area (Å²) in [5.74, 6) is -1.18. The predicted molar refractivity (Wildman–Crippen MR) is 94.5 cm³/mol. The molecule has 1 aromatic carbocycles. The van der Waals surface area contributed by atoms with Gasteiger partial charge in [0, 0.05) is 12.2 Å². The number of fused-ring (bicyclic) bond motifs is 1.